The number of allylic oxidation sites excluding steroid dienone is 4. The molecule has 394 valence electrons. The van der Waals surface area contributed by atoms with Gasteiger partial charge >= 0.3 is 17.9 Å². The van der Waals surface area contributed by atoms with E-state index in [1.807, 2.05) is 0 Å². The van der Waals surface area contributed by atoms with Gasteiger partial charge in [0.25, 0.3) is 0 Å². The summed E-state index contributed by atoms with van der Waals surface area (Å²) in [5.41, 5.74) is 0. The lowest BCUT2D eigenvalue weighted by molar-refractivity contribution is -0.167. The van der Waals surface area contributed by atoms with Crippen LogP contribution < -0.4 is 0 Å². The SMILES string of the molecule is CCCCCCC/C=C\C/C=C\CCCCCCCCCCCC(=O)OCC(COC(=O)CCCCCCCCCCCCCCCC)OC(=O)CCCCCCCCCCCCCCCC. The third-order valence-electron chi connectivity index (χ3n) is 13.5. The molecule has 0 aliphatic rings. The van der Waals surface area contributed by atoms with E-state index in [0.29, 0.717) is 19.3 Å². The molecule has 0 aliphatic heterocycles. The summed E-state index contributed by atoms with van der Waals surface area (Å²) in [5.74, 6) is -0.848. The van der Waals surface area contributed by atoms with E-state index >= 15 is 0 Å². The Morgan fingerprint density at radius 2 is 0.537 bits per heavy atom. The summed E-state index contributed by atoms with van der Waals surface area (Å²) in [6.07, 6.45) is 65.9. The van der Waals surface area contributed by atoms with Crippen LogP contribution in [0.2, 0.25) is 0 Å². The van der Waals surface area contributed by atoms with Crippen LogP contribution in [0.15, 0.2) is 24.3 Å². The van der Waals surface area contributed by atoms with Gasteiger partial charge in [0.05, 0.1) is 0 Å². The summed E-state index contributed by atoms with van der Waals surface area (Å²) in [7, 11) is 0. The highest BCUT2D eigenvalue weighted by Crippen LogP contribution is 2.17. The van der Waals surface area contributed by atoms with Crippen LogP contribution in [0.25, 0.3) is 0 Å². The van der Waals surface area contributed by atoms with Crippen molar-refractivity contribution in [3.63, 3.8) is 0 Å². The average Bonchev–Trinajstić information content (AvgIpc) is 3.33. The number of ether oxygens (including phenoxy) is 3. The topological polar surface area (TPSA) is 78.9 Å². The molecule has 67 heavy (non-hydrogen) atoms. The summed E-state index contributed by atoms with van der Waals surface area (Å²) in [5, 5.41) is 0. The quantitative estimate of drug-likeness (QED) is 0.0262. The number of esters is 3. The molecule has 0 aromatic carbocycles. The van der Waals surface area contributed by atoms with Crippen molar-refractivity contribution in [2.24, 2.45) is 0 Å². The van der Waals surface area contributed by atoms with Crippen LogP contribution in [-0.2, 0) is 28.6 Å². The summed E-state index contributed by atoms with van der Waals surface area (Å²) in [4.78, 5) is 38.2. The lowest BCUT2D eigenvalue weighted by Gasteiger charge is -2.18. The first kappa shape index (κ1) is 64.9. The van der Waals surface area contributed by atoms with Crippen molar-refractivity contribution in [2.45, 2.75) is 335 Å². The molecule has 0 aromatic rings. The first-order valence-electron chi connectivity index (χ1n) is 29.8. The average molecular weight is 944 g/mol. The number of hydrogen-bond acceptors (Lipinski definition) is 6. The first-order chi connectivity index (χ1) is 33.0. The molecule has 0 saturated heterocycles. The summed E-state index contributed by atoms with van der Waals surface area (Å²) in [6.45, 7) is 6.68. The zero-order valence-corrected chi connectivity index (χ0v) is 45.2. The van der Waals surface area contributed by atoms with Gasteiger partial charge in [-0.3, -0.25) is 14.4 Å². The van der Waals surface area contributed by atoms with Crippen LogP contribution in [0.4, 0.5) is 0 Å². The lowest BCUT2D eigenvalue weighted by atomic mass is 10.0. The van der Waals surface area contributed by atoms with Gasteiger partial charge in [-0.05, 0) is 51.4 Å². The molecule has 0 saturated carbocycles. The number of unbranched alkanes of at least 4 members (excludes halogenated alkanes) is 40. The van der Waals surface area contributed by atoms with E-state index < -0.39 is 6.10 Å². The van der Waals surface area contributed by atoms with Gasteiger partial charge in [0.2, 0.25) is 0 Å². The zero-order valence-electron chi connectivity index (χ0n) is 45.2. The van der Waals surface area contributed by atoms with Crippen molar-refractivity contribution in [3.05, 3.63) is 24.3 Å². The minimum Gasteiger partial charge on any atom is -0.462 e. The molecule has 0 rings (SSSR count). The standard InChI is InChI=1S/C61H114O6/c1-4-7-10-13-16-19-22-25-28-29-30-31-32-33-34-37-39-42-45-48-51-54-60(63)66-57-58(67-61(64)55-52-49-46-43-40-36-27-24-21-18-15-12-9-6-3)56-65-59(62)53-50-47-44-41-38-35-26-23-20-17-14-11-8-5-2/h22,25,29-30,58H,4-21,23-24,26-28,31-57H2,1-3H3/b25-22-,30-29-. The smallest absolute Gasteiger partial charge is 0.306 e. The molecular formula is C61H114O6. The van der Waals surface area contributed by atoms with E-state index in [0.717, 1.165) is 64.2 Å². The van der Waals surface area contributed by atoms with Crippen LogP contribution >= 0.6 is 0 Å². The molecule has 0 bridgehead atoms. The Bertz CT molecular complexity index is 1080. The Morgan fingerprint density at radius 3 is 0.821 bits per heavy atom. The fourth-order valence-electron chi connectivity index (χ4n) is 8.95. The maximum atomic E-state index is 12.8. The first-order valence-corrected chi connectivity index (χ1v) is 29.8. The van der Waals surface area contributed by atoms with Gasteiger partial charge in [-0.2, -0.15) is 0 Å². The highest BCUT2D eigenvalue weighted by Gasteiger charge is 2.19. The molecule has 6 nitrogen and oxygen atoms in total. The maximum absolute atomic E-state index is 12.8. The monoisotopic (exact) mass is 943 g/mol. The molecule has 0 radical (unpaired) electrons. The van der Waals surface area contributed by atoms with Crippen molar-refractivity contribution in [1.29, 1.82) is 0 Å². The molecule has 0 aromatic heterocycles. The van der Waals surface area contributed by atoms with Crippen molar-refractivity contribution in [3.8, 4) is 0 Å². The maximum Gasteiger partial charge on any atom is 0.306 e. The molecule has 0 fully saturated rings. The van der Waals surface area contributed by atoms with Crippen molar-refractivity contribution < 1.29 is 28.6 Å². The second-order valence-electron chi connectivity index (χ2n) is 20.3. The Labute approximate surface area is 417 Å². The normalized spacial score (nSPS) is 12.1. The Kier molecular flexibility index (Phi) is 54.7. The van der Waals surface area contributed by atoms with Gasteiger partial charge in [-0.25, -0.2) is 0 Å². The van der Waals surface area contributed by atoms with Crippen LogP contribution in [0.1, 0.15) is 329 Å². The van der Waals surface area contributed by atoms with Gasteiger partial charge < -0.3 is 14.2 Å². The van der Waals surface area contributed by atoms with Crippen LogP contribution in [0.3, 0.4) is 0 Å². The lowest BCUT2D eigenvalue weighted by Crippen LogP contribution is -2.30. The molecular weight excluding hydrogens is 829 g/mol. The predicted octanol–water partition coefficient (Wildman–Crippen LogP) is 19.9. The second-order valence-corrected chi connectivity index (χ2v) is 20.3. The van der Waals surface area contributed by atoms with Crippen molar-refractivity contribution >= 4 is 17.9 Å². The van der Waals surface area contributed by atoms with Gasteiger partial charge in [-0.15, -0.1) is 0 Å². The van der Waals surface area contributed by atoms with Crippen LogP contribution in [0, 0.1) is 0 Å². The summed E-state index contributed by atoms with van der Waals surface area (Å²) < 4.78 is 16.9. The van der Waals surface area contributed by atoms with E-state index in [-0.39, 0.29) is 31.1 Å². The zero-order chi connectivity index (χ0) is 48.6. The third-order valence-corrected chi connectivity index (χ3v) is 13.5. The Hall–Kier alpha value is -2.11. The van der Waals surface area contributed by atoms with E-state index in [1.165, 1.54) is 225 Å². The summed E-state index contributed by atoms with van der Waals surface area (Å²) in [6, 6.07) is 0. The molecule has 0 N–H and O–H groups in total. The number of carbonyl (C=O) groups is 3. The van der Waals surface area contributed by atoms with Gasteiger partial charge in [-0.1, -0.05) is 283 Å². The van der Waals surface area contributed by atoms with E-state index in [9.17, 15) is 14.4 Å². The molecule has 6 heteroatoms. The fourth-order valence-corrected chi connectivity index (χ4v) is 8.95. The highest BCUT2D eigenvalue weighted by atomic mass is 16.6. The fraction of sp³-hybridized carbons (Fsp3) is 0.885. The highest BCUT2D eigenvalue weighted by molar-refractivity contribution is 5.71. The van der Waals surface area contributed by atoms with Gasteiger partial charge in [0.15, 0.2) is 6.10 Å². The summed E-state index contributed by atoms with van der Waals surface area (Å²) >= 11 is 0. The van der Waals surface area contributed by atoms with E-state index in [4.69, 9.17) is 14.2 Å². The number of carbonyl (C=O) groups excluding carboxylic acids is 3. The third kappa shape index (κ3) is 54.7. The van der Waals surface area contributed by atoms with Crippen molar-refractivity contribution in [1.82, 2.24) is 0 Å². The van der Waals surface area contributed by atoms with Crippen LogP contribution in [0.5, 0.6) is 0 Å². The molecule has 1 unspecified atom stereocenters. The van der Waals surface area contributed by atoms with Gasteiger partial charge in [0.1, 0.15) is 13.2 Å². The second kappa shape index (κ2) is 56.5. The number of rotatable bonds is 55. The predicted molar refractivity (Wildman–Crippen MR) is 289 cm³/mol. The van der Waals surface area contributed by atoms with E-state index in [2.05, 4.69) is 45.1 Å². The van der Waals surface area contributed by atoms with Crippen LogP contribution in [-0.4, -0.2) is 37.2 Å². The largest absolute Gasteiger partial charge is 0.462 e. The van der Waals surface area contributed by atoms with Crippen molar-refractivity contribution in [2.75, 3.05) is 13.2 Å². The molecule has 1 atom stereocenters. The number of hydrogen-bond donors (Lipinski definition) is 0. The molecule has 0 amide bonds. The minimum atomic E-state index is -0.767. The Balaban J connectivity index is 4.29. The Morgan fingerprint density at radius 1 is 0.299 bits per heavy atom. The van der Waals surface area contributed by atoms with E-state index in [1.54, 1.807) is 0 Å². The molecule has 0 aliphatic carbocycles. The van der Waals surface area contributed by atoms with Gasteiger partial charge in [0, 0.05) is 19.3 Å². The molecule has 0 spiro atoms. The minimum absolute atomic E-state index is 0.0666. The molecule has 0 heterocycles.